The van der Waals surface area contributed by atoms with Gasteiger partial charge in [0.15, 0.2) is 0 Å². The molecule has 0 saturated heterocycles. The Morgan fingerprint density at radius 2 is 1.93 bits per heavy atom. The summed E-state index contributed by atoms with van der Waals surface area (Å²) in [5.41, 5.74) is 0.739. The van der Waals surface area contributed by atoms with E-state index in [1.165, 1.54) is 19.1 Å². The maximum atomic E-state index is 12.4. The number of benzene rings is 2. The minimum atomic E-state index is -3.91. The van der Waals surface area contributed by atoms with Crippen LogP contribution >= 0.6 is 11.6 Å². The van der Waals surface area contributed by atoms with Crippen molar-refractivity contribution in [1.29, 1.82) is 0 Å². The lowest BCUT2D eigenvalue weighted by molar-refractivity contribution is -0.385. The van der Waals surface area contributed by atoms with Gasteiger partial charge >= 0.3 is 0 Å². The normalized spacial score (nSPS) is 11.5. The highest BCUT2D eigenvalue weighted by Gasteiger charge is 2.20. The molecule has 0 fully saturated rings. The molecule has 1 heterocycles. The molecule has 0 aliphatic rings. The van der Waals surface area contributed by atoms with Crippen molar-refractivity contribution in [3.8, 4) is 11.4 Å². The van der Waals surface area contributed by atoms with E-state index in [1.54, 1.807) is 24.3 Å². The number of hydrogen-bond acceptors (Lipinski definition) is 7. The number of halogens is 1. The van der Waals surface area contributed by atoms with Crippen molar-refractivity contribution in [3.05, 3.63) is 69.1 Å². The smallest absolute Gasteiger partial charge is 0.269 e. The van der Waals surface area contributed by atoms with E-state index in [-0.39, 0.29) is 28.6 Å². The van der Waals surface area contributed by atoms with Crippen LogP contribution in [0.5, 0.6) is 0 Å². The Labute approximate surface area is 159 Å². The summed E-state index contributed by atoms with van der Waals surface area (Å²) in [5.74, 6) is 0.371. The molecule has 11 heteroatoms. The molecule has 3 rings (SSSR count). The van der Waals surface area contributed by atoms with E-state index in [0.717, 1.165) is 6.07 Å². The van der Waals surface area contributed by atoms with Crippen LogP contribution in [0.1, 0.15) is 11.5 Å². The maximum Gasteiger partial charge on any atom is 0.269 e. The molecule has 2 aromatic carbocycles. The van der Waals surface area contributed by atoms with Crippen molar-refractivity contribution in [2.75, 3.05) is 0 Å². The van der Waals surface area contributed by atoms with Crippen molar-refractivity contribution < 1.29 is 17.9 Å². The van der Waals surface area contributed by atoms with Gasteiger partial charge in [0.1, 0.15) is 0 Å². The molecule has 1 aromatic heterocycles. The van der Waals surface area contributed by atoms with Crippen LogP contribution in [0.2, 0.25) is 5.02 Å². The number of rotatable bonds is 6. The first-order valence-electron chi connectivity index (χ1n) is 7.59. The molecule has 27 heavy (non-hydrogen) atoms. The highest BCUT2D eigenvalue weighted by atomic mass is 35.5. The van der Waals surface area contributed by atoms with Gasteiger partial charge in [0.25, 0.3) is 5.69 Å². The molecular formula is C16H13ClN4O5S. The molecule has 3 aromatic rings. The molecule has 1 N–H and O–H groups in total. The Morgan fingerprint density at radius 1 is 1.22 bits per heavy atom. The second-order valence-electron chi connectivity index (χ2n) is 5.55. The standard InChI is InChI=1S/C16H13ClN4O5S/c1-10-8-13(21(22)23)6-7-14(10)27(24,25)18-9-15-19-16(20-26-15)11-2-4-12(17)5-3-11/h2-8,18H,9H2,1H3. The Bertz CT molecular complexity index is 1100. The van der Waals surface area contributed by atoms with Crippen molar-refractivity contribution in [2.45, 2.75) is 18.4 Å². The Kier molecular flexibility index (Phi) is 5.22. The second-order valence-corrected chi connectivity index (χ2v) is 7.72. The molecule has 0 saturated carbocycles. The monoisotopic (exact) mass is 408 g/mol. The SMILES string of the molecule is Cc1cc([N+](=O)[O-])ccc1S(=O)(=O)NCc1nc(-c2ccc(Cl)cc2)no1. The van der Waals surface area contributed by atoms with Crippen LogP contribution < -0.4 is 4.72 Å². The maximum absolute atomic E-state index is 12.4. The number of aromatic nitrogens is 2. The zero-order valence-corrected chi connectivity index (χ0v) is 15.5. The molecule has 140 valence electrons. The highest BCUT2D eigenvalue weighted by molar-refractivity contribution is 7.89. The van der Waals surface area contributed by atoms with Crippen LogP contribution in [0.25, 0.3) is 11.4 Å². The fourth-order valence-corrected chi connectivity index (χ4v) is 3.65. The predicted octanol–water partition coefficient (Wildman–Crippen LogP) is 3.09. The van der Waals surface area contributed by atoms with Crippen molar-refractivity contribution in [1.82, 2.24) is 14.9 Å². The molecule has 0 aliphatic carbocycles. The number of nitrogens with zero attached hydrogens (tertiary/aromatic N) is 3. The number of nitrogens with one attached hydrogen (secondary N) is 1. The molecule has 0 aliphatic heterocycles. The Morgan fingerprint density at radius 3 is 2.56 bits per heavy atom. The molecular weight excluding hydrogens is 396 g/mol. The third-order valence-electron chi connectivity index (χ3n) is 3.64. The van der Waals surface area contributed by atoms with E-state index in [0.29, 0.717) is 16.4 Å². The van der Waals surface area contributed by atoms with E-state index in [9.17, 15) is 18.5 Å². The summed E-state index contributed by atoms with van der Waals surface area (Å²) in [5, 5.41) is 15.1. The van der Waals surface area contributed by atoms with Gasteiger partial charge < -0.3 is 4.52 Å². The lowest BCUT2D eigenvalue weighted by Gasteiger charge is -2.07. The van der Waals surface area contributed by atoms with Crippen LogP contribution in [0.15, 0.2) is 51.9 Å². The van der Waals surface area contributed by atoms with E-state index >= 15 is 0 Å². The highest BCUT2D eigenvalue weighted by Crippen LogP contribution is 2.22. The largest absolute Gasteiger partial charge is 0.338 e. The van der Waals surface area contributed by atoms with Gasteiger partial charge in [0.05, 0.1) is 16.4 Å². The minimum Gasteiger partial charge on any atom is -0.338 e. The molecule has 0 atom stereocenters. The third-order valence-corrected chi connectivity index (χ3v) is 5.46. The first kappa shape index (κ1) is 19.0. The Hall–Kier alpha value is -2.82. The number of sulfonamides is 1. The predicted molar refractivity (Wildman–Crippen MR) is 96.6 cm³/mol. The lowest BCUT2D eigenvalue weighted by atomic mass is 10.2. The number of nitro groups is 1. The Balaban J connectivity index is 1.74. The van der Waals surface area contributed by atoms with Gasteiger partial charge in [0, 0.05) is 22.7 Å². The zero-order valence-electron chi connectivity index (χ0n) is 13.9. The summed E-state index contributed by atoms with van der Waals surface area (Å²) in [7, 11) is -3.91. The van der Waals surface area contributed by atoms with E-state index < -0.39 is 14.9 Å². The molecule has 0 bridgehead atoms. The quantitative estimate of drug-likeness (QED) is 0.490. The van der Waals surface area contributed by atoms with Crippen molar-refractivity contribution in [3.63, 3.8) is 0 Å². The van der Waals surface area contributed by atoms with Crippen molar-refractivity contribution >= 4 is 27.3 Å². The summed E-state index contributed by atoms with van der Waals surface area (Å²) < 4.78 is 32.3. The second kappa shape index (κ2) is 7.43. The average Bonchev–Trinajstić information content (AvgIpc) is 3.09. The van der Waals surface area contributed by atoms with E-state index in [1.807, 2.05) is 0 Å². The van der Waals surface area contributed by atoms with Gasteiger partial charge in [-0.3, -0.25) is 10.1 Å². The van der Waals surface area contributed by atoms with Crippen LogP contribution in [0, 0.1) is 17.0 Å². The van der Waals surface area contributed by atoms with Gasteiger partial charge in [-0.05, 0) is 42.8 Å². The van der Waals surface area contributed by atoms with Gasteiger partial charge in [-0.25, -0.2) is 13.1 Å². The first-order chi connectivity index (χ1) is 12.8. The van der Waals surface area contributed by atoms with Gasteiger partial charge in [0.2, 0.25) is 21.7 Å². The minimum absolute atomic E-state index is 0.0643. The number of aryl methyl sites for hydroxylation is 1. The van der Waals surface area contributed by atoms with Crippen LogP contribution in [-0.4, -0.2) is 23.5 Å². The molecule has 9 nitrogen and oxygen atoms in total. The fraction of sp³-hybridized carbons (Fsp3) is 0.125. The number of nitro benzene ring substituents is 1. The van der Waals surface area contributed by atoms with Crippen LogP contribution in [0.3, 0.4) is 0 Å². The summed E-state index contributed by atoms with van der Waals surface area (Å²) in [6, 6.07) is 10.3. The van der Waals surface area contributed by atoms with Gasteiger partial charge in [-0.15, -0.1) is 0 Å². The first-order valence-corrected chi connectivity index (χ1v) is 9.45. The number of hydrogen-bond donors (Lipinski definition) is 1. The molecule has 0 unspecified atom stereocenters. The molecule has 0 amide bonds. The molecule has 0 radical (unpaired) electrons. The zero-order chi connectivity index (χ0) is 19.6. The summed E-state index contributed by atoms with van der Waals surface area (Å²) in [6.45, 7) is 1.26. The van der Waals surface area contributed by atoms with Crippen LogP contribution in [-0.2, 0) is 16.6 Å². The van der Waals surface area contributed by atoms with Gasteiger partial charge in [-0.2, -0.15) is 4.98 Å². The third kappa shape index (κ3) is 4.30. The number of non-ortho nitro benzene ring substituents is 1. The summed E-state index contributed by atoms with van der Waals surface area (Å²) >= 11 is 5.82. The fourth-order valence-electron chi connectivity index (χ4n) is 2.33. The lowest BCUT2D eigenvalue weighted by Crippen LogP contribution is -2.24. The topological polar surface area (TPSA) is 128 Å². The summed E-state index contributed by atoms with van der Waals surface area (Å²) in [4.78, 5) is 14.2. The molecule has 0 spiro atoms. The van der Waals surface area contributed by atoms with Crippen molar-refractivity contribution in [2.24, 2.45) is 0 Å². The van der Waals surface area contributed by atoms with Gasteiger partial charge in [-0.1, -0.05) is 16.8 Å². The van der Waals surface area contributed by atoms with E-state index in [2.05, 4.69) is 14.9 Å². The van der Waals surface area contributed by atoms with E-state index in [4.69, 9.17) is 16.1 Å². The summed E-state index contributed by atoms with van der Waals surface area (Å²) in [6.07, 6.45) is 0. The average molecular weight is 409 g/mol. The van der Waals surface area contributed by atoms with Crippen LogP contribution in [0.4, 0.5) is 5.69 Å².